The quantitative estimate of drug-likeness (QED) is 0.690. The zero-order valence-electron chi connectivity index (χ0n) is 11.7. The molecule has 1 aliphatic heterocycles. The van der Waals surface area contributed by atoms with Crippen LogP contribution in [0.25, 0.3) is 0 Å². The van der Waals surface area contributed by atoms with Gasteiger partial charge < -0.3 is 5.32 Å². The van der Waals surface area contributed by atoms with Crippen molar-refractivity contribution >= 4 is 17.3 Å². The molecule has 2 aromatic rings. The molecule has 0 fully saturated rings. The first kappa shape index (κ1) is 13.8. The number of nitrogens with one attached hydrogen (secondary N) is 1. The lowest BCUT2D eigenvalue weighted by Gasteiger charge is -2.38. The Morgan fingerprint density at radius 3 is 2.73 bits per heavy atom. The summed E-state index contributed by atoms with van der Waals surface area (Å²) in [5.41, 5.74) is 2.04. The molecule has 1 heterocycles. The third-order valence-electron chi connectivity index (χ3n) is 4.63. The van der Waals surface area contributed by atoms with E-state index in [9.17, 15) is 8.78 Å². The van der Waals surface area contributed by atoms with Crippen LogP contribution < -0.4 is 5.32 Å². The fourth-order valence-corrected chi connectivity index (χ4v) is 3.91. The van der Waals surface area contributed by atoms with Crippen molar-refractivity contribution in [3.63, 3.8) is 0 Å². The van der Waals surface area contributed by atoms with Crippen molar-refractivity contribution < 1.29 is 8.78 Å². The maximum absolute atomic E-state index is 14.2. The van der Waals surface area contributed by atoms with Gasteiger partial charge in [-0.05, 0) is 35.6 Å². The molecule has 0 aromatic heterocycles. The molecule has 0 saturated heterocycles. The smallest absolute Gasteiger partial charge is 0.149 e. The zero-order chi connectivity index (χ0) is 15.3. The van der Waals surface area contributed by atoms with Crippen molar-refractivity contribution in [1.29, 1.82) is 0 Å². The van der Waals surface area contributed by atoms with Crippen molar-refractivity contribution in [2.75, 3.05) is 5.32 Å². The summed E-state index contributed by atoms with van der Waals surface area (Å²) in [4.78, 5) is 0. The Morgan fingerprint density at radius 2 is 1.91 bits per heavy atom. The van der Waals surface area contributed by atoms with Crippen LogP contribution in [0.4, 0.5) is 14.5 Å². The van der Waals surface area contributed by atoms with Crippen LogP contribution in [0.15, 0.2) is 48.6 Å². The molecule has 3 atom stereocenters. The van der Waals surface area contributed by atoms with E-state index < -0.39 is 11.6 Å². The summed E-state index contributed by atoms with van der Waals surface area (Å²) in [6, 6.07) is 9.88. The SMILES string of the molecule is Fc1cc(F)c2c(c1)[C@@H]1C=CC[C@H]1[C@@H](c1ccccc1Cl)N2. The van der Waals surface area contributed by atoms with Crippen LogP contribution in [-0.2, 0) is 0 Å². The summed E-state index contributed by atoms with van der Waals surface area (Å²) in [6.45, 7) is 0. The standard InChI is InChI=1S/C18H14ClF2N/c19-15-7-2-1-4-13(15)17-12-6-3-5-11(12)14-8-10(20)9-16(21)18(14)22-17/h1-5,7-9,11-12,17,22H,6H2/t11-,12-,17+/m1/s1. The topological polar surface area (TPSA) is 12.0 Å². The van der Waals surface area contributed by atoms with Crippen molar-refractivity contribution in [3.8, 4) is 0 Å². The van der Waals surface area contributed by atoms with Crippen LogP contribution in [0.3, 0.4) is 0 Å². The van der Waals surface area contributed by atoms with Crippen molar-refractivity contribution in [1.82, 2.24) is 0 Å². The van der Waals surface area contributed by atoms with Gasteiger partial charge >= 0.3 is 0 Å². The summed E-state index contributed by atoms with van der Waals surface area (Å²) < 4.78 is 27.8. The molecule has 0 radical (unpaired) electrons. The van der Waals surface area contributed by atoms with Crippen LogP contribution >= 0.6 is 11.6 Å². The predicted octanol–water partition coefficient (Wildman–Crippen LogP) is 5.44. The van der Waals surface area contributed by atoms with Gasteiger partial charge in [0.2, 0.25) is 0 Å². The minimum absolute atomic E-state index is 0.0164. The molecule has 0 bridgehead atoms. The van der Waals surface area contributed by atoms with E-state index in [4.69, 9.17) is 11.6 Å². The van der Waals surface area contributed by atoms with E-state index in [1.807, 2.05) is 30.3 Å². The molecule has 2 aromatic carbocycles. The minimum atomic E-state index is -0.550. The van der Waals surface area contributed by atoms with Crippen molar-refractivity contribution in [2.24, 2.45) is 5.92 Å². The van der Waals surface area contributed by atoms with Gasteiger partial charge in [0, 0.05) is 17.0 Å². The summed E-state index contributed by atoms with van der Waals surface area (Å²) >= 11 is 6.33. The van der Waals surface area contributed by atoms with Crippen LogP contribution in [-0.4, -0.2) is 0 Å². The predicted molar refractivity (Wildman–Crippen MR) is 84.2 cm³/mol. The molecule has 0 saturated carbocycles. The van der Waals surface area contributed by atoms with Crippen LogP contribution in [0.1, 0.15) is 29.5 Å². The van der Waals surface area contributed by atoms with Crippen LogP contribution in [0, 0.1) is 17.6 Å². The Hall–Kier alpha value is -1.87. The lowest BCUT2D eigenvalue weighted by atomic mass is 9.77. The van der Waals surface area contributed by atoms with Gasteiger partial charge in [0.1, 0.15) is 11.6 Å². The van der Waals surface area contributed by atoms with Crippen molar-refractivity contribution in [3.05, 3.63) is 76.3 Å². The van der Waals surface area contributed by atoms with E-state index in [0.717, 1.165) is 18.1 Å². The van der Waals surface area contributed by atoms with E-state index in [1.165, 1.54) is 6.07 Å². The van der Waals surface area contributed by atoms with E-state index in [2.05, 4.69) is 11.4 Å². The number of allylic oxidation sites excluding steroid dienone is 2. The monoisotopic (exact) mass is 317 g/mol. The zero-order valence-corrected chi connectivity index (χ0v) is 12.4. The Labute approximate surface area is 132 Å². The lowest BCUT2D eigenvalue weighted by molar-refractivity contribution is 0.418. The van der Waals surface area contributed by atoms with Gasteiger partial charge in [-0.15, -0.1) is 0 Å². The third-order valence-corrected chi connectivity index (χ3v) is 4.97. The molecular formula is C18H14ClF2N. The molecule has 2 aliphatic rings. The van der Waals surface area contributed by atoms with Crippen LogP contribution in [0.2, 0.25) is 5.02 Å². The highest BCUT2D eigenvalue weighted by molar-refractivity contribution is 6.31. The third kappa shape index (κ3) is 2.03. The maximum Gasteiger partial charge on any atom is 0.149 e. The van der Waals surface area contributed by atoms with E-state index in [1.54, 1.807) is 0 Å². The Bertz CT molecular complexity index is 772. The molecule has 22 heavy (non-hydrogen) atoms. The number of benzene rings is 2. The second-order valence-electron chi connectivity index (χ2n) is 5.85. The summed E-state index contributed by atoms with van der Waals surface area (Å²) in [5.74, 6) is -0.851. The number of halogens is 3. The van der Waals surface area contributed by atoms with Gasteiger partial charge in [-0.25, -0.2) is 8.78 Å². The first-order valence-electron chi connectivity index (χ1n) is 7.31. The van der Waals surface area contributed by atoms with Gasteiger partial charge in [0.25, 0.3) is 0 Å². The highest BCUT2D eigenvalue weighted by Crippen LogP contribution is 2.51. The molecule has 1 aliphatic carbocycles. The van der Waals surface area contributed by atoms with E-state index in [0.29, 0.717) is 16.3 Å². The minimum Gasteiger partial charge on any atom is -0.375 e. The normalized spacial score (nSPS) is 25.5. The summed E-state index contributed by atoms with van der Waals surface area (Å²) in [7, 11) is 0. The average Bonchev–Trinajstić information content (AvgIpc) is 2.97. The average molecular weight is 318 g/mol. The van der Waals surface area contributed by atoms with Crippen molar-refractivity contribution in [2.45, 2.75) is 18.4 Å². The Morgan fingerprint density at radius 1 is 1.09 bits per heavy atom. The van der Waals surface area contributed by atoms with Gasteiger partial charge in [0.15, 0.2) is 0 Å². The van der Waals surface area contributed by atoms with Gasteiger partial charge in [-0.2, -0.15) is 0 Å². The molecule has 0 amide bonds. The molecule has 0 spiro atoms. The largest absolute Gasteiger partial charge is 0.375 e. The number of hydrogen-bond acceptors (Lipinski definition) is 1. The second-order valence-corrected chi connectivity index (χ2v) is 6.26. The Balaban J connectivity index is 1.86. The van der Waals surface area contributed by atoms with Gasteiger partial charge in [-0.3, -0.25) is 0 Å². The lowest BCUT2D eigenvalue weighted by Crippen LogP contribution is -2.30. The molecule has 0 unspecified atom stereocenters. The molecular weight excluding hydrogens is 304 g/mol. The molecule has 1 N–H and O–H groups in total. The number of hydrogen-bond donors (Lipinski definition) is 1. The number of anilines is 1. The molecule has 112 valence electrons. The fourth-order valence-electron chi connectivity index (χ4n) is 3.66. The summed E-state index contributed by atoms with van der Waals surface area (Å²) in [5, 5.41) is 3.92. The molecule has 4 heteroatoms. The molecule has 4 rings (SSSR count). The number of fused-ring (bicyclic) bond motifs is 3. The fraction of sp³-hybridized carbons (Fsp3) is 0.222. The maximum atomic E-state index is 14.2. The van der Waals surface area contributed by atoms with Crippen LogP contribution in [0.5, 0.6) is 0 Å². The number of rotatable bonds is 1. The van der Waals surface area contributed by atoms with Gasteiger partial charge in [-0.1, -0.05) is 42.0 Å². The second kappa shape index (κ2) is 5.10. The highest BCUT2D eigenvalue weighted by Gasteiger charge is 2.39. The Kier molecular flexibility index (Phi) is 3.19. The summed E-state index contributed by atoms with van der Waals surface area (Å²) in [6.07, 6.45) is 5.00. The first-order chi connectivity index (χ1) is 10.6. The molecule has 1 nitrogen and oxygen atoms in total. The van der Waals surface area contributed by atoms with E-state index in [-0.39, 0.29) is 17.9 Å². The highest BCUT2D eigenvalue weighted by atomic mass is 35.5. The van der Waals surface area contributed by atoms with E-state index >= 15 is 0 Å². The van der Waals surface area contributed by atoms with Gasteiger partial charge in [0.05, 0.1) is 11.7 Å². The first-order valence-corrected chi connectivity index (χ1v) is 7.69.